The van der Waals surface area contributed by atoms with Crippen molar-refractivity contribution in [3.8, 4) is 22.5 Å². The molecule has 10 heteroatoms. The highest BCUT2D eigenvalue weighted by molar-refractivity contribution is 6.08. The number of rotatable bonds is 17. The number of fused-ring (bicyclic) bond motifs is 2. The van der Waals surface area contributed by atoms with Crippen molar-refractivity contribution in [2.45, 2.75) is 34.2 Å². The Labute approximate surface area is 257 Å². The summed E-state index contributed by atoms with van der Waals surface area (Å²) < 4.78 is 17.5. The molecule has 0 aromatic heterocycles. The minimum Gasteiger partial charge on any atom is -0.478 e. The zero-order chi connectivity index (χ0) is 31.5. The number of ether oxygens (including phenoxy) is 2. The predicted octanol–water partition coefficient (Wildman–Crippen LogP) is 4.74. The molecule has 1 heterocycles. The van der Waals surface area contributed by atoms with Crippen molar-refractivity contribution in [2.24, 2.45) is 4.99 Å². The van der Waals surface area contributed by atoms with E-state index in [2.05, 4.69) is 27.0 Å². The van der Waals surface area contributed by atoms with Gasteiger partial charge in [0, 0.05) is 67.1 Å². The molecule has 0 fully saturated rings. The van der Waals surface area contributed by atoms with Gasteiger partial charge < -0.3 is 34.9 Å². The van der Waals surface area contributed by atoms with Crippen LogP contribution in [-0.4, -0.2) is 70.1 Å². The molecule has 4 N–H and O–H groups in total. The first-order chi connectivity index (χ1) is 21.4. The summed E-state index contributed by atoms with van der Waals surface area (Å²) >= 11 is 0. The standard InChI is InChI=1S/C34H42N4O6/c1-5-37-29-18-31-27(15-22(29)3)33(28-16-23(4)30(38-6-2)19-32(28)44-31)26-17-24(7-8-25(26)34(40)41)20-35-9-11-42-13-14-43-12-10-36-21-39/h7-8,15-19,21,35,37H,5-6,9-14,20H2,1-4H3,(H,36,39)(H,40,41)/b38-30-. The second kappa shape index (κ2) is 16.0. The number of carboxylic acid groups (broad SMARTS) is 1. The lowest BCUT2D eigenvalue weighted by molar-refractivity contribution is -0.109. The Morgan fingerprint density at radius 3 is 2.43 bits per heavy atom. The third kappa shape index (κ3) is 8.02. The number of anilines is 1. The highest BCUT2D eigenvalue weighted by Crippen LogP contribution is 2.43. The number of hydrogen-bond donors (Lipinski definition) is 4. The molecule has 0 spiro atoms. The predicted molar refractivity (Wildman–Crippen MR) is 172 cm³/mol. The molecule has 2 aromatic rings. The van der Waals surface area contributed by atoms with E-state index in [4.69, 9.17) is 13.9 Å². The van der Waals surface area contributed by atoms with Gasteiger partial charge in [0.25, 0.3) is 0 Å². The average molecular weight is 603 g/mol. The monoisotopic (exact) mass is 602 g/mol. The molecule has 1 amide bonds. The zero-order valence-corrected chi connectivity index (χ0v) is 25.9. The summed E-state index contributed by atoms with van der Waals surface area (Å²) in [5, 5.41) is 21.3. The summed E-state index contributed by atoms with van der Waals surface area (Å²) in [6.07, 6.45) is 0.645. The summed E-state index contributed by atoms with van der Waals surface area (Å²) in [6.45, 7) is 13.0. The highest BCUT2D eigenvalue weighted by atomic mass is 16.5. The molecule has 2 aliphatic rings. The number of aromatic carboxylic acids is 1. The number of aryl methyl sites for hydroxylation is 2. The minimum absolute atomic E-state index is 0.225. The van der Waals surface area contributed by atoms with Crippen molar-refractivity contribution in [2.75, 3.05) is 57.9 Å². The number of carbonyl (C=O) groups is 2. The van der Waals surface area contributed by atoms with E-state index in [0.29, 0.717) is 75.9 Å². The molecule has 2 aromatic carbocycles. The number of benzene rings is 3. The van der Waals surface area contributed by atoms with Crippen LogP contribution in [-0.2, 0) is 20.8 Å². The van der Waals surface area contributed by atoms with Crippen LogP contribution in [0.5, 0.6) is 0 Å². The Hall–Kier alpha value is -4.25. The van der Waals surface area contributed by atoms with Crippen LogP contribution >= 0.6 is 0 Å². The molecule has 0 radical (unpaired) electrons. The Bertz CT molecular complexity index is 1630. The quantitative estimate of drug-likeness (QED) is 0.0774. The summed E-state index contributed by atoms with van der Waals surface area (Å²) in [4.78, 5) is 27.4. The van der Waals surface area contributed by atoms with Gasteiger partial charge in [-0.05, 0) is 74.2 Å². The van der Waals surface area contributed by atoms with Crippen LogP contribution in [0.3, 0.4) is 0 Å². The summed E-state index contributed by atoms with van der Waals surface area (Å²) in [6, 6.07) is 13.5. The Balaban J connectivity index is 1.67. The molecule has 0 atom stereocenters. The maximum atomic E-state index is 12.5. The normalized spacial score (nSPS) is 11.8. The molecular weight excluding hydrogens is 560 g/mol. The van der Waals surface area contributed by atoms with Crippen molar-refractivity contribution < 1.29 is 28.6 Å². The second-order valence-electron chi connectivity index (χ2n) is 10.4. The van der Waals surface area contributed by atoms with Crippen molar-refractivity contribution in [1.29, 1.82) is 0 Å². The van der Waals surface area contributed by atoms with E-state index in [0.717, 1.165) is 50.8 Å². The van der Waals surface area contributed by atoms with Crippen LogP contribution in [0.25, 0.3) is 33.4 Å². The molecule has 10 nitrogen and oxygen atoms in total. The lowest BCUT2D eigenvalue weighted by Gasteiger charge is -2.20. The third-order valence-electron chi connectivity index (χ3n) is 7.26. The van der Waals surface area contributed by atoms with E-state index < -0.39 is 5.97 Å². The van der Waals surface area contributed by atoms with Gasteiger partial charge in [-0.2, -0.15) is 0 Å². The van der Waals surface area contributed by atoms with Crippen LogP contribution < -0.4 is 21.3 Å². The average Bonchev–Trinajstić information content (AvgIpc) is 3.00. The number of carbonyl (C=O) groups excluding carboxylic acids is 1. The largest absolute Gasteiger partial charge is 0.478 e. The van der Waals surface area contributed by atoms with Crippen LogP contribution in [0.4, 0.5) is 5.69 Å². The molecule has 1 aliphatic carbocycles. The van der Waals surface area contributed by atoms with Gasteiger partial charge in [0.2, 0.25) is 6.41 Å². The fourth-order valence-electron chi connectivity index (χ4n) is 5.18. The van der Waals surface area contributed by atoms with Crippen molar-refractivity contribution >= 4 is 29.0 Å². The number of carboxylic acids is 1. The van der Waals surface area contributed by atoms with E-state index in [9.17, 15) is 14.7 Å². The fourth-order valence-corrected chi connectivity index (χ4v) is 5.18. The lowest BCUT2D eigenvalue weighted by Crippen LogP contribution is -2.21. The summed E-state index contributed by atoms with van der Waals surface area (Å²) in [5.74, 6) is -0.341. The van der Waals surface area contributed by atoms with Gasteiger partial charge in [-0.3, -0.25) is 9.79 Å². The van der Waals surface area contributed by atoms with Crippen LogP contribution in [0.1, 0.15) is 40.9 Å². The van der Waals surface area contributed by atoms with Crippen LogP contribution in [0, 0.1) is 13.8 Å². The molecule has 0 saturated carbocycles. The molecule has 44 heavy (non-hydrogen) atoms. The molecule has 1 aliphatic heterocycles. The highest BCUT2D eigenvalue weighted by Gasteiger charge is 2.23. The number of amides is 1. The first kappa shape index (κ1) is 32.7. The number of nitrogens with one attached hydrogen (secondary N) is 3. The van der Waals surface area contributed by atoms with E-state index in [1.54, 1.807) is 6.07 Å². The number of hydrogen-bond acceptors (Lipinski definition) is 8. The van der Waals surface area contributed by atoms with Crippen LogP contribution in [0.2, 0.25) is 0 Å². The Morgan fingerprint density at radius 1 is 0.955 bits per heavy atom. The van der Waals surface area contributed by atoms with Gasteiger partial charge in [-0.25, -0.2) is 4.79 Å². The third-order valence-corrected chi connectivity index (χ3v) is 7.26. The first-order valence-corrected chi connectivity index (χ1v) is 15.0. The van der Waals surface area contributed by atoms with Gasteiger partial charge >= 0.3 is 5.97 Å². The van der Waals surface area contributed by atoms with Gasteiger partial charge in [0.05, 0.1) is 37.3 Å². The molecule has 0 bridgehead atoms. The van der Waals surface area contributed by atoms with Crippen LogP contribution in [0.15, 0.2) is 51.9 Å². The second-order valence-corrected chi connectivity index (χ2v) is 10.4. The van der Waals surface area contributed by atoms with E-state index in [1.807, 2.05) is 58.0 Å². The lowest BCUT2D eigenvalue weighted by atomic mass is 9.88. The van der Waals surface area contributed by atoms with E-state index >= 15 is 0 Å². The molecule has 234 valence electrons. The number of nitrogens with zero attached hydrogens (tertiary/aromatic N) is 1. The maximum Gasteiger partial charge on any atom is 0.336 e. The fraction of sp³-hybridized carbons (Fsp3) is 0.382. The molecular formula is C34H42N4O6. The smallest absolute Gasteiger partial charge is 0.336 e. The van der Waals surface area contributed by atoms with E-state index in [1.165, 1.54) is 0 Å². The summed E-state index contributed by atoms with van der Waals surface area (Å²) in [7, 11) is 0. The van der Waals surface area contributed by atoms with Crippen molar-refractivity contribution in [3.05, 3.63) is 70.1 Å². The van der Waals surface area contributed by atoms with Gasteiger partial charge in [-0.15, -0.1) is 0 Å². The molecule has 0 unspecified atom stereocenters. The molecule has 0 saturated heterocycles. The summed E-state index contributed by atoms with van der Waals surface area (Å²) in [5.41, 5.74) is 7.15. The van der Waals surface area contributed by atoms with Gasteiger partial charge in [0.15, 0.2) is 0 Å². The van der Waals surface area contributed by atoms with Gasteiger partial charge in [-0.1, -0.05) is 6.07 Å². The maximum absolute atomic E-state index is 12.5. The van der Waals surface area contributed by atoms with Crippen molar-refractivity contribution in [1.82, 2.24) is 10.6 Å². The Kier molecular flexibility index (Phi) is 11.9. The van der Waals surface area contributed by atoms with E-state index in [-0.39, 0.29) is 5.56 Å². The van der Waals surface area contributed by atoms with Gasteiger partial charge in [0.1, 0.15) is 11.3 Å². The van der Waals surface area contributed by atoms with Crippen molar-refractivity contribution in [3.63, 3.8) is 0 Å². The first-order valence-electron chi connectivity index (χ1n) is 15.0. The Morgan fingerprint density at radius 2 is 1.73 bits per heavy atom. The topological polar surface area (TPSA) is 134 Å². The SMILES string of the molecule is CC/N=c1/cc2oc3cc(NCC)c(C)cc3c(-c3cc(CNCCOCCOCCNC=O)ccc3C(=O)O)c-2cc1C. The zero-order valence-electron chi connectivity index (χ0n) is 25.9. The minimum atomic E-state index is -0.991. The molecule has 4 rings (SSSR count).